The number of carbonyl (C=O) groups excluding carboxylic acids is 1. The first-order valence-electron chi connectivity index (χ1n) is 7.03. The molecule has 0 unspecified atom stereocenters. The Hall–Kier alpha value is -1.85. The maximum Gasteiger partial charge on any atom is 0.224 e. The number of nitrogens with one attached hydrogen (secondary N) is 1. The molecule has 0 fully saturated rings. The molecule has 0 aliphatic carbocycles. The highest BCUT2D eigenvalue weighted by atomic mass is 79.9. The van der Waals surface area contributed by atoms with E-state index in [1.807, 2.05) is 13.0 Å². The molecule has 0 saturated heterocycles. The minimum atomic E-state index is -0.0994. The third-order valence-electron chi connectivity index (χ3n) is 3.20. The molecule has 2 N–H and O–H groups in total. The molecule has 0 aliphatic rings. The van der Waals surface area contributed by atoms with Gasteiger partial charge in [-0.25, -0.2) is 0 Å². The monoisotopic (exact) mass is 394 g/mol. The lowest BCUT2D eigenvalue weighted by atomic mass is 10.1. The van der Waals surface area contributed by atoms with Gasteiger partial charge in [-0.2, -0.15) is 0 Å². The summed E-state index contributed by atoms with van der Waals surface area (Å²) in [5, 5.41) is 13.2. The van der Waals surface area contributed by atoms with E-state index in [1.165, 1.54) is 0 Å². The van der Waals surface area contributed by atoms with E-state index in [4.69, 9.17) is 11.6 Å². The van der Waals surface area contributed by atoms with Crippen molar-refractivity contribution in [1.29, 1.82) is 0 Å². The van der Waals surface area contributed by atoms with Gasteiger partial charge in [-0.1, -0.05) is 34.5 Å². The SMILES string of the molecule is CCC(=O)Nc1ccc(N=Cc2cc(Br)cc(C)c2O)cc1Cl. The van der Waals surface area contributed by atoms with Crippen molar-refractivity contribution in [3.63, 3.8) is 0 Å². The molecular weight excluding hydrogens is 380 g/mol. The summed E-state index contributed by atoms with van der Waals surface area (Å²) < 4.78 is 0.866. The van der Waals surface area contributed by atoms with Crippen LogP contribution in [0.3, 0.4) is 0 Å². The zero-order valence-corrected chi connectivity index (χ0v) is 15.1. The Morgan fingerprint density at radius 1 is 1.39 bits per heavy atom. The Morgan fingerprint density at radius 2 is 2.13 bits per heavy atom. The number of benzene rings is 2. The molecule has 0 bridgehead atoms. The van der Waals surface area contributed by atoms with Gasteiger partial charge in [-0.3, -0.25) is 9.79 Å². The minimum Gasteiger partial charge on any atom is -0.507 e. The Kier molecular flexibility index (Phi) is 5.80. The van der Waals surface area contributed by atoms with Gasteiger partial charge in [0.25, 0.3) is 0 Å². The Morgan fingerprint density at radius 3 is 2.78 bits per heavy atom. The molecule has 1 amide bonds. The van der Waals surface area contributed by atoms with Gasteiger partial charge in [0.2, 0.25) is 5.91 Å². The van der Waals surface area contributed by atoms with Crippen LogP contribution >= 0.6 is 27.5 Å². The van der Waals surface area contributed by atoms with Crippen molar-refractivity contribution >= 4 is 51.0 Å². The lowest BCUT2D eigenvalue weighted by Crippen LogP contribution is -2.09. The highest BCUT2D eigenvalue weighted by Gasteiger charge is 2.06. The molecule has 0 aliphatic heterocycles. The average molecular weight is 396 g/mol. The minimum absolute atomic E-state index is 0.0994. The van der Waals surface area contributed by atoms with E-state index in [0.717, 1.165) is 10.0 Å². The third kappa shape index (κ3) is 4.56. The van der Waals surface area contributed by atoms with Crippen molar-refractivity contribution in [2.45, 2.75) is 20.3 Å². The highest BCUT2D eigenvalue weighted by Crippen LogP contribution is 2.29. The van der Waals surface area contributed by atoms with Crippen LogP contribution in [-0.2, 0) is 4.79 Å². The lowest BCUT2D eigenvalue weighted by Gasteiger charge is -2.07. The fourth-order valence-corrected chi connectivity index (χ4v) is 2.74. The van der Waals surface area contributed by atoms with Gasteiger partial charge >= 0.3 is 0 Å². The fourth-order valence-electron chi connectivity index (χ4n) is 1.93. The molecule has 0 saturated carbocycles. The van der Waals surface area contributed by atoms with E-state index < -0.39 is 0 Å². The van der Waals surface area contributed by atoms with Crippen LogP contribution in [0.15, 0.2) is 39.8 Å². The van der Waals surface area contributed by atoms with Gasteiger partial charge < -0.3 is 10.4 Å². The first-order chi connectivity index (χ1) is 10.9. The molecule has 0 spiro atoms. The number of anilines is 1. The number of aryl methyl sites for hydroxylation is 1. The Bertz CT molecular complexity index is 775. The van der Waals surface area contributed by atoms with Crippen molar-refractivity contribution < 1.29 is 9.90 Å². The summed E-state index contributed by atoms with van der Waals surface area (Å²) in [7, 11) is 0. The number of aromatic hydroxyl groups is 1. The molecule has 4 nitrogen and oxygen atoms in total. The van der Waals surface area contributed by atoms with Gasteiger partial charge in [0.1, 0.15) is 5.75 Å². The molecule has 0 heterocycles. The topological polar surface area (TPSA) is 61.7 Å². The smallest absolute Gasteiger partial charge is 0.224 e. The summed E-state index contributed by atoms with van der Waals surface area (Å²) in [5.74, 6) is 0.0903. The lowest BCUT2D eigenvalue weighted by molar-refractivity contribution is -0.115. The van der Waals surface area contributed by atoms with Gasteiger partial charge in [0.15, 0.2) is 0 Å². The Labute approximate surface area is 148 Å². The van der Waals surface area contributed by atoms with Gasteiger partial charge in [-0.15, -0.1) is 0 Å². The molecule has 0 aromatic heterocycles. The maximum absolute atomic E-state index is 11.4. The molecule has 6 heteroatoms. The average Bonchev–Trinajstić information content (AvgIpc) is 2.51. The molecule has 23 heavy (non-hydrogen) atoms. The summed E-state index contributed by atoms with van der Waals surface area (Å²) in [6.07, 6.45) is 1.96. The molecular formula is C17H16BrClN2O2. The molecule has 0 atom stereocenters. The standard InChI is InChI=1S/C17H16BrClN2O2/c1-3-16(22)21-15-5-4-13(8-14(15)19)20-9-11-7-12(18)6-10(2)17(11)23/h4-9,23H,3H2,1-2H3,(H,21,22). The van der Waals surface area contributed by atoms with Crippen LogP contribution in [0.25, 0.3) is 0 Å². The summed E-state index contributed by atoms with van der Waals surface area (Å²) >= 11 is 9.54. The van der Waals surface area contributed by atoms with E-state index in [9.17, 15) is 9.90 Å². The van der Waals surface area contributed by atoms with Gasteiger partial charge in [0, 0.05) is 22.7 Å². The summed E-state index contributed by atoms with van der Waals surface area (Å²) in [6, 6.07) is 8.72. The fraction of sp³-hybridized carbons (Fsp3) is 0.176. The molecule has 120 valence electrons. The van der Waals surface area contributed by atoms with Crippen molar-refractivity contribution in [2.24, 2.45) is 4.99 Å². The zero-order valence-electron chi connectivity index (χ0n) is 12.7. The number of rotatable bonds is 4. The molecule has 2 aromatic carbocycles. The molecule has 0 radical (unpaired) electrons. The third-order valence-corrected chi connectivity index (χ3v) is 3.97. The number of halogens is 2. The first-order valence-corrected chi connectivity index (χ1v) is 8.20. The molecule has 2 rings (SSSR count). The van der Waals surface area contributed by atoms with Crippen molar-refractivity contribution in [3.8, 4) is 5.75 Å². The van der Waals surface area contributed by atoms with Gasteiger partial charge in [-0.05, 0) is 42.8 Å². The zero-order chi connectivity index (χ0) is 17.0. The summed E-state index contributed by atoms with van der Waals surface area (Å²) in [6.45, 7) is 3.59. The van der Waals surface area contributed by atoms with E-state index in [2.05, 4.69) is 26.2 Å². The number of nitrogens with zero attached hydrogens (tertiary/aromatic N) is 1. The largest absolute Gasteiger partial charge is 0.507 e. The number of hydrogen-bond donors (Lipinski definition) is 2. The van der Waals surface area contributed by atoms with Crippen LogP contribution in [-0.4, -0.2) is 17.2 Å². The van der Waals surface area contributed by atoms with Crippen LogP contribution in [0, 0.1) is 6.92 Å². The quantitative estimate of drug-likeness (QED) is 0.698. The predicted molar refractivity (Wildman–Crippen MR) is 98.2 cm³/mol. The maximum atomic E-state index is 11.4. The number of hydrogen-bond acceptors (Lipinski definition) is 3. The van der Waals surface area contributed by atoms with Gasteiger partial charge in [0.05, 0.1) is 16.4 Å². The van der Waals surface area contributed by atoms with Crippen molar-refractivity contribution in [3.05, 3.63) is 51.0 Å². The number of carbonyl (C=O) groups is 1. The van der Waals surface area contributed by atoms with E-state index in [0.29, 0.717) is 28.4 Å². The number of phenolic OH excluding ortho intramolecular Hbond substituents is 1. The van der Waals surface area contributed by atoms with E-state index >= 15 is 0 Å². The summed E-state index contributed by atoms with van der Waals surface area (Å²) in [5.41, 5.74) is 2.55. The van der Waals surface area contributed by atoms with Crippen LogP contribution in [0.5, 0.6) is 5.75 Å². The molecule has 2 aromatic rings. The highest BCUT2D eigenvalue weighted by molar-refractivity contribution is 9.10. The normalized spacial score (nSPS) is 11.0. The predicted octanol–water partition coefficient (Wildman–Crippen LogP) is 5.22. The van der Waals surface area contributed by atoms with Crippen molar-refractivity contribution in [1.82, 2.24) is 0 Å². The second-order valence-electron chi connectivity index (χ2n) is 4.98. The number of phenols is 1. The number of aliphatic imine (C=N–C) groups is 1. The number of amides is 1. The summed E-state index contributed by atoms with van der Waals surface area (Å²) in [4.78, 5) is 15.7. The van der Waals surface area contributed by atoms with Crippen LogP contribution < -0.4 is 5.32 Å². The first kappa shape index (κ1) is 17.5. The second-order valence-corrected chi connectivity index (χ2v) is 6.31. The van der Waals surface area contributed by atoms with Crippen molar-refractivity contribution in [2.75, 3.05) is 5.32 Å². The van der Waals surface area contributed by atoms with E-state index in [-0.39, 0.29) is 11.7 Å². The van der Waals surface area contributed by atoms with Crippen LogP contribution in [0.1, 0.15) is 24.5 Å². The second kappa shape index (κ2) is 7.62. The Balaban J connectivity index is 2.24. The van der Waals surface area contributed by atoms with E-state index in [1.54, 1.807) is 37.4 Å². The van der Waals surface area contributed by atoms with Crippen LogP contribution in [0.2, 0.25) is 5.02 Å². The van der Waals surface area contributed by atoms with Crippen LogP contribution in [0.4, 0.5) is 11.4 Å².